The van der Waals surface area contributed by atoms with Crippen molar-refractivity contribution in [3.63, 3.8) is 0 Å². The molecule has 2 heterocycles. The van der Waals surface area contributed by atoms with Crippen LogP contribution < -0.4 is 5.32 Å². The topological polar surface area (TPSA) is 29.9 Å². The summed E-state index contributed by atoms with van der Waals surface area (Å²) in [5, 5.41) is 3.49. The van der Waals surface area contributed by atoms with E-state index in [0.29, 0.717) is 6.04 Å². The highest BCUT2D eigenvalue weighted by Gasteiger charge is 2.21. The maximum absolute atomic E-state index is 4.69. The summed E-state index contributed by atoms with van der Waals surface area (Å²) in [5.41, 5.74) is 2.32. The van der Waals surface area contributed by atoms with Gasteiger partial charge >= 0.3 is 0 Å². The van der Waals surface area contributed by atoms with Crippen molar-refractivity contribution in [3.8, 4) is 0 Å². The Kier molecular flexibility index (Phi) is 4.80. The first-order chi connectivity index (χ1) is 7.36. The van der Waals surface area contributed by atoms with Gasteiger partial charge < -0.3 is 9.88 Å². The van der Waals surface area contributed by atoms with Gasteiger partial charge in [-0.1, -0.05) is 12.1 Å². The molecule has 1 fully saturated rings. The normalized spacial score (nSPS) is 18.8. The number of para-hydroxylation sites is 2. The van der Waals surface area contributed by atoms with Crippen molar-refractivity contribution in [1.29, 1.82) is 0 Å². The summed E-state index contributed by atoms with van der Waals surface area (Å²) in [7, 11) is 2.10. The van der Waals surface area contributed by atoms with Crippen molar-refractivity contribution >= 4 is 35.8 Å². The van der Waals surface area contributed by atoms with Crippen LogP contribution in [-0.2, 0) is 7.05 Å². The van der Waals surface area contributed by atoms with Gasteiger partial charge in [0.1, 0.15) is 5.82 Å². The molecule has 0 bridgehead atoms. The fourth-order valence-electron chi connectivity index (χ4n) is 2.38. The van der Waals surface area contributed by atoms with E-state index in [-0.39, 0.29) is 24.8 Å². The van der Waals surface area contributed by atoms with E-state index in [0.717, 1.165) is 12.1 Å². The van der Waals surface area contributed by atoms with Crippen molar-refractivity contribution < 1.29 is 0 Å². The van der Waals surface area contributed by atoms with Gasteiger partial charge in [0, 0.05) is 7.05 Å². The average molecular weight is 274 g/mol. The summed E-state index contributed by atoms with van der Waals surface area (Å²) in [6, 6.07) is 8.76. The van der Waals surface area contributed by atoms with Crippen molar-refractivity contribution in [3.05, 3.63) is 30.1 Å². The molecule has 0 spiro atoms. The third kappa shape index (κ3) is 2.41. The van der Waals surface area contributed by atoms with E-state index in [2.05, 4.69) is 35.1 Å². The molecule has 1 atom stereocenters. The Bertz CT molecular complexity index is 489. The molecular formula is C12H17Cl2N3. The van der Waals surface area contributed by atoms with Crippen molar-refractivity contribution in [2.75, 3.05) is 6.54 Å². The summed E-state index contributed by atoms with van der Waals surface area (Å²) in [6.45, 7) is 1.12. The van der Waals surface area contributed by atoms with Crippen LogP contribution in [0.3, 0.4) is 0 Å². The van der Waals surface area contributed by atoms with Crippen LogP contribution in [-0.4, -0.2) is 16.1 Å². The molecular weight excluding hydrogens is 257 g/mol. The first-order valence-electron chi connectivity index (χ1n) is 5.51. The van der Waals surface area contributed by atoms with Gasteiger partial charge in [0.25, 0.3) is 0 Å². The van der Waals surface area contributed by atoms with Crippen LogP contribution >= 0.6 is 24.8 Å². The zero-order chi connectivity index (χ0) is 10.3. The first kappa shape index (κ1) is 14.3. The Balaban J connectivity index is 0.000000722. The van der Waals surface area contributed by atoms with Gasteiger partial charge in [0.15, 0.2) is 0 Å². The minimum absolute atomic E-state index is 0. The van der Waals surface area contributed by atoms with Crippen LogP contribution in [0.4, 0.5) is 0 Å². The molecule has 5 heteroatoms. The maximum Gasteiger partial charge on any atom is 0.126 e. The second kappa shape index (κ2) is 5.71. The van der Waals surface area contributed by atoms with E-state index in [1.54, 1.807) is 0 Å². The number of hydrogen-bond acceptors (Lipinski definition) is 2. The Morgan fingerprint density at radius 1 is 1.29 bits per heavy atom. The predicted molar refractivity (Wildman–Crippen MR) is 75.2 cm³/mol. The summed E-state index contributed by atoms with van der Waals surface area (Å²) in [5.74, 6) is 1.17. The monoisotopic (exact) mass is 273 g/mol. The minimum Gasteiger partial charge on any atom is -0.330 e. The first-order valence-corrected chi connectivity index (χ1v) is 5.51. The van der Waals surface area contributed by atoms with Crippen LogP contribution in [0.1, 0.15) is 24.7 Å². The molecule has 1 aliphatic rings. The maximum atomic E-state index is 4.69. The number of nitrogens with one attached hydrogen (secondary N) is 1. The molecule has 0 saturated carbocycles. The quantitative estimate of drug-likeness (QED) is 0.866. The van der Waals surface area contributed by atoms with E-state index in [1.165, 1.54) is 24.2 Å². The molecule has 0 aliphatic carbocycles. The SMILES string of the molecule is Cl.Cl.Cn1c(C2CCCN2)nc2ccccc21. The average Bonchev–Trinajstić information content (AvgIpc) is 2.87. The van der Waals surface area contributed by atoms with Gasteiger partial charge in [-0.25, -0.2) is 4.98 Å². The third-order valence-electron chi connectivity index (χ3n) is 3.19. The number of fused-ring (bicyclic) bond motifs is 1. The van der Waals surface area contributed by atoms with Crippen LogP contribution in [0.5, 0.6) is 0 Å². The highest BCUT2D eigenvalue weighted by Crippen LogP contribution is 2.25. The fraction of sp³-hybridized carbons (Fsp3) is 0.417. The fourth-order valence-corrected chi connectivity index (χ4v) is 2.38. The number of hydrogen-bond donors (Lipinski definition) is 1. The highest BCUT2D eigenvalue weighted by atomic mass is 35.5. The van der Waals surface area contributed by atoms with E-state index >= 15 is 0 Å². The van der Waals surface area contributed by atoms with Gasteiger partial charge in [-0.15, -0.1) is 24.8 Å². The molecule has 3 nitrogen and oxygen atoms in total. The molecule has 2 aromatic rings. The Morgan fingerprint density at radius 3 is 2.71 bits per heavy atom. The summed E-state index contributed by atoms with van der Waals surface area (Å²) in [4.78, 5) is 4.69. The molecule has 1 aliphatic heterocycles. The highest BCUT2D eigenvalue weighted by molar-refractivity contribution is 5.85. The number of benzene rings is 1. The van der Waals surface area contributed by atoms with Gasteiger partial charge in [-0.05, 0) is 31.5 Å². The zero-order valence-electron chi connectivity index (χ0n) is 9.72. The van der Waals surface area contributed by atoms with Gasteiger partial charge in [-0.2, -0.15) is 0 Å². The number of aryl methyl sites for hydroxylation is 1. The second-order valence-corrected chi connectivity index (χ2v) is 4.17. The number of rotatable bonds is 1. The lowest BCUT2D eigenvalue weighted by Crippen LogP contribution is -2.16. The molecule has 94 valence electrons. The lowest BCUT2D eigenvalue weighted by atomic mass is 10.2. The minimum atomic E-state index is 0. The Morgan fingerprint density at radius 2 is 2.06 bits per heavy atom. The number of aromatic nitrogens is 2. The summed E-state index contributed by atoms with van der Waals surface area (Å²) in [6.07, 6.45) is 2.46. The summed E-state index contributed by atoms with van der Waals surface area (Å²) >= 11 is 0. The molecule has 3 rings (SSSR count). The number of halogens is 2. The van der Waals surface area contributed by atoms with Crippen molar-refractivity contribution in [2.24, 2.45) is 7.05 Å². The second-order valence-electron chi connectivity index (χ2n) is 4.17. The zero-order valence-corrected chi connectivity index (χ0v) is 11.4. The van der Waals surface area contributed by atoms with Crippen LogP contribution in [0.2, 0.25) is 0 Å². The van der Waals surface area contributed by atoms with Gasteiger partial charge in [-0.3, -0.25) is 0 Å². The van der Waals surface area contributed by atoms with Crippen molar-refractivity contribution in [1.82, 2.24) is 14.9 Å². The number of nitrogens with zero attached hydrogens (tertiary/aromatic N) is 2. The van der Waals surface area contributed by atoms with Gasteiger partial charge in [0.05, 0.1) is 17.1 Å². The predicted octanol–water partition coefficient (Wildman–Crippen LogP) is 2.84. The van der Waals surface area contributed by atoms with Crippen LogP contribution in [0, 0.1) is 0 Å². The standard InChI is InChI=1S/C12H15N3.2ClH/c1-15-11-7-3-2-5-9(11)14-12(15)10-6-4-8-13-10;;/h2-3,5,7,10,13H,4,6,8H2,1H3;2*1H. The summed E-state index contributed by atoms with van der Waals surface area (Å²) < 4.78 is 2.21. The third-order valence-corrected chi connectivity index (χ3v) is 3.19. The largest absolute Gasteiger partial charge is 0.330 e. The van der Waals surface area contributed by atoms with E-state index in [1.807, 2.05) is 6.07 Å². The Hall–Kier alpha value is -0.770. The molecule has 17 heavy (non-hydrogen) atoms. The van der Waals surface area contributed by atoms with Crippen LogP contribution in [0.25, 0.3) is 11.0 Å². The molecule has 1 aromatic carbocycles. The lowest BCUT2D eigenvalue weighted by Gasteiger charge is -2.09. The Labute approximate surface area is 113 Å². The molecule has 1 aromatic heterocycles. The smallest absolute Gasteiger partial charge is 0.126 e. The van der Waals surface area contributed by atoms with E-state index < -0.39 is 0 Å². The molecule has 0 radical (unpaired) electrons. The van der Waals surface area contributed by atoms with E-state index in [4.69, 9.17) is 4.98 Å². The van der Waals surface area contributed by atoms with E-state index in [9.17, 15) is 0 Å². The molecule has 1 N–H and O–H groups in total. The molecule has 0 amide bonds. The van der Waals surface area contributed by atoms with Crippen LogP contribution in [0.15, 0.2) is 24.3 Å². The molecule has 1 unspecified atom stereocenters. The molecule has 1 saturated heterocycles. The van der Waals surface area contributed by atoms with Gasteiger partial charge in [0.2, 0.25) is 0 Å². The number of imidazole rings is 1. The van der Waals surface area contributed by atoms with Crippen molar-refractivity contribution in [2.45, 2.75) is 18.9 Å². The lowest BCUT2D eigenvalue weighted by molar-refractivity contribution is 0.584.